The number of hydrogen-bond donors (Lipinski definition) is 1. The topological polar surface area (TPSA) is 108 Å². The summed E-state index contributed by atoms with van der Waals surface area (Å²) >= 11 is 0. The van der Waals surface area contributed by atoms with Crippen molar-refractivity contribution in [2.24, 2.45) is 0 Å². The van der Waals surface area contributed by atoms with Crippen molar-refractivity contribution in [1.29, 1.82) is 0 Å². The maximum Gasteiger partial charge on any atom is 0.339 e. The highest BCUT2D eigenvalue weighted by molar-refractivity contribution is 6.08. The van der Waals surface area contributed by atoms with Gasteiger partial charge in [-0.3, -0.25) is 4.79 Å². The van der Waals surface area contributed by atoms with Gasteiger partial charge in [-0.05, 0) is 54.6 Å². The number of methoxy groups -OCH3 is 1. The Morgan fingerprint density at radius 3 is 2.69 bits per heavy atom. The van der Waals surface area contributed by atoms with Crippen molar-refractivity contribution in [2.75, 3.05) is 12.4 Å². The molecule has 0 aliphatic heterocycles. The van der Waals surface area contributed by atoms with E-state index in [-0.39, 0.29) is 24.1 Å². The quantitative estimate of drug-likeness (QED) is 0.613. The van der Waals surface area contributed by atoms with Gasteiger partial charge in [-0.1, -0.05) is 18.2 Å². The molecular weight excluding hydrogens is 374 g/mol. The van der Waals surface area contributed by atoms with Gasteiger partial charge in [-0.2, -0.15) is 0 Å². The minimum Gasteiger partial charge on any atom is -0.486 e. The summed E-state index contributed by atoms with van der Waals surface area (Å²) in [5.41, 5.74) is 1.02. The molecule has 0 saturated heterocycles. The van der Waals surface area contributed by atoms with E-state index in [2.05, 4.69) is 20.8 Å². The second-order valence-electron chi connectivity index (χ2n) is 6.44. The standard InChI is InChI=1S/C20H21N5O4/c1-13(2)25-18(22-23-24-25)12-29-15-8-6-7-14(11-15)19(26)21-17-10-5-4-9-16(17)20(27)28-3/h4-11,13H,12H2,1-3H3,(H,21,26). The molecule has 0 spiro atoms. The first kappa shape index (κ1) is 20.0. The summed E-state index contributed by atoms with van der Waals surface area (Å²) in [7, 11) is 1.29. The average Bonchev–Trinajstić information content (AvgIpc) is 3.21. The second-order valence-corrected chi connectivity index (χ2v) is 6.44. The predicted molar refractivity (Wildman–Crippen MR) is 105 cm³/mol. The van der Waals surface area contributed by atoms with E-state index >= 15 is 0 Å². The Hall–Kier alpha value is -3.75. The van der Waals surface area contributed by atoms with Gasteiger partial charge in [0.2, 0.25) is 0 Å². The number of amides is 1. The number of anilines is 1. The molecule has 0 fully saturated rings. The van der Waals surface area contributed by atoms with E-state index in [9.17, 15) is 9.59 Å². The Bertz CT molecular complexity index is 1020. The zero-order valence-electron chi connectivity index (χ0n) is 16.3. The van der Waals surface area contributed by atoms with Gasteiger partial charge < -0.3 is 14.8 Å². The molecule has 2 aromatic carbocycles. The number of carbonyl (C=O) groups is 2. The highest BCUT2D eigenvalue weighted by Gasteiger charge is 2.15. The molecule has 0 saturated carbocycles. The van der Waals surface area contributed by atoms with E-state index in [1.165, 1.54) is 7.11 Å². The molecule has 29 heavy (non-hydrogen) atoms. The maximum atomic E-state index is 12.7. The highest BCUT2D eigenvalue weighted by atomic mass is 16.5. The van der Waals surface area contributed by atoms with Gasteiger partial charge in [-0.25, -0.2) is 9.48 Å². The average molecular weight is 395 g/mol. The van der Waals surface area contributed by atoms with Gasteiger partial charge >= 0.3 is 5.97 Å². The van der Waals surface area contributed by atoms with Crippen LogP contribution in [-0.2, 0) is 11.3 Å². The van der Waals surface area contributed by atoms with E-state index in [4.69, 9.17) is 9.47 Å². The number of para-hydroxylation sites is 1. The lowest BCUT2D eigenvalue weighted by molar-refractivity contribution is 0.0602. The van der Waals surface area contributed by atoms with Crippen LogP contribution in [0.3, 0.4) is 0 Å². The summed E-state index contributed by atoms with van der Waals surface area (Å²) in [6.45, 7) is 4.11. The van der Waals surface area contributed by atoms with Crippen LogP contribution >= 0.6 is 0 Å². The largest absolute Gasteiger partial charge is 0.486 e. The Morgan fingerprint density at radius 2 is 1.93 bits per heavy atom. The zero-order valence-corrected chi connectivity index (χ0v) is 16.3. The molecule has 9 heteroatoms. The van der Waals surface area contributed by atoms with E-state index in [1.807, 2.05) is 13.8 Å². The molecule has 0 unspecified atom stereocenters. The van der Waals surface area contributed by atoms with Crippen molar-refractivity contribution >= 4 is 17.6 Å². The normalized spacial score (nSPS) is 10.6. The third-order valence-corrected chi connectivity index (χ3v) is 4.09. The number of nitrogens with one attached hydrogen (secondary N) is 1. The maximum absolute atomic E-state index is 12.7. The Balaban J connectivity index is 1.72. The Labute approximate surface area is 167 Å². The number of nitrogens with zero attached hydrogens (tertiary/aromatic N) is 4. The van der Waals surface area contributed by atoms with Crippen molar-refractivity contribution in [2.45, 2.75) is 26.5 Å². The molecule has 0 radical (unpaired) electrons. The smallest absolute Gasteiger partial charge is 0.339 e. The van der Waals surface area contributed by atoms with Crippen LogP contribution in [0.2, 0.25) is 0 Å². The Morgan fingerprint density at radius 1 is 1.14 bits per heavy atom. The molecule has 3 aromatic rings. The number of ether oxygens (including phenoxy) is 2. The third kappa shape index (κ3) is 4.75. The first-order chi connectivity index (χ1) is 14.0. The first-order valence-electron chi connectivity index (χ1n) is 8.98. The molecule has 0 atom stereocenters. The molecular formula is C20H21N5O4. The fraction of sp³-hybridized carbons (Fsp3) is 0.250. The van der Waals surface area contributed by atoms with Gasteiger partial charge in [0.1, 0.15) is 12.4 Å². The lowest BCUT2D eigenvalue weighted by atomic mass is 10.1. The van der Waals surface area contributed by atoms with Gasteiger partial charge in [-0.15, -0.1) is 5.10 Å². The van der Waals surface area contributed by atoms with Crippen LogP contribution in [0.15, 0.2) is 48.5 Å². The summed E-state index contributed by atoms with van der Waals surface area (Å²) in [5.74, 6) is 0.179. The number of rotatable bonds is 7. The molecule has 9 nitrogen and oxygen atoms in total. The van der Waals surface area contributed by atoms with Crippen molar-refractivity contribution in [3.63, 3.8) is 0 Å². The molecule has 1 N–H and O–H groups in total. The van der Waals surface area contributed by atoms with E-state index < -0.39 is 5.97 Å². The molecule has 1 heterocycles. The number of hydrogen-bond acceptors (Lipinski definition) is 7. The second kappa shape index (κ2) is 8.96. The van der Waals surface area contributed by atoms with Gasteiger partial charge in [0, 0.05) is 5.56 Å². The monoisotopic (exact) mass is 395 g/mol. The highest BCUT2D eigenvalue weighted by Crippen LogP contribution is 2.20. The van der Waals surface area contributed by atoms with Crippen LogP contribution in [0.5, 0.6) is 5.75 Å². The third-order valence-electron chi connectivity index (χ3n) is 4.09. The van der Waals surface area contributed by atoms with Gasteiger partial charge in [0.25, 0.3) is 5.91 Å². The number of benzene rings is 2. The SMILES string of the molecule is COC(=O)c1ccccc1NC(=O)c1cccc(OCc2nnnn2C(C)C)c1. The van der Waals surface area contributed by atoms with Crippen LogP contribution in [0.4, 0.5) is 5.69 Å². The molecule has 0 aliphatic carbocycles. The number of esters is 1. The van der Waals surface area contributed by atoms with E-state index in [0.29, 0.717) is 22.8 Å². The molecule has 1 amide bonds. The van der Waals surface area contributed by atoms with E-state index in [1.54, 1.807) is 53.2 Å². The van der Waals surface area contributed by atoms with E-state index in [0.717, 1.165) is 0 Å². The zero-order chi connectivity index (χ0) is 20.8. The van der Waals surface area contributed by atoms with Crippen molar-refractivity contribution in [3.8, 4) is 5.75 Å². The molecule has 1 aromatic heterocycles. The van der Waals surface area contributed by atoms with Crippen molar-refractivity contribution in [1.82, 2.24) is 20.2 Å². The van der Waals surface area contributed by atoms with Crippen molar-refractivity contribution in [3.05, 3.63) is 65.5 Å². The van der Waals surface area contributed by atoms with Crippen LogP contribution in [-0.4, -0.2) is 39.2 Å². The van der Waals surface area contributed by atoms with Gasteiger partial charge in [0.15, 0.2) is 5.82 Å². The minimum absolute atomic E-state index is 0.107. The fourth-order valence-corrected chi connectivity index (χ4v) is 2.66. The molecule has 0 aliphatic rings. The molecule has 3 rings (SSSR count). The number of aromatic nitrogens is 4. The summed E-state index contributed by atoms with van der Waals surface area (Å²) in [6.07, 6.45) is 0. The fourth-order valence-electron chi connectivity index (χ4n) is 2.66. The summed E-state index contributed by atoms with van der Waals surface area (Å²) in [6, 6.07) is 13.5. The van der Waals surface area contributed by atoms with Crippen LogP contribution < -0.4 is 10.1 Å². The first-order valence-corrected chi connectivity index (χ1v) is 8.98. The molecule has 150 valence electrons. The predicted octanol–water partition coefficient (Wildman–Crippen LogP) is 2.87. The van der Waals surface area contributed by atoms with Crippen LogP contribution in [0.25, 0.3) is 0 Å². The summed E-state index contributed by atoms with van der Waals surface area (Å²) in [4.78, 5) is 24.5. The summed E-state index contributed by atoms with van der Waals surface area (Å²) < 4.78 is 12.2. The summed E-state index contributed by atoms with van der Waals surface area (Å²) in [5, 5.41) is 14.3. The lowest BCUT2D eigenvalue weighted by Crippen LogP contribution is -2.15. The van der Waals surface area contributed by atoms with Crippen LogP contribution in [0.1, 0.15) is 46.4 Å². The van der Waals surface area contributed by atoms with Crippen molar-refractivity contribution < 1.29 is 19.1 Å². The minimum atomic E-state index is -0.527. The van der Waals surface area contributed by atoms with Crippen LogP contribution in [0, 0.1) is 0 Å². The Kier molecular flexibility index (Phi) is 6.18. The number of tetrazole rings is 1. The number of carbonyl (C=O) groups excluding carboxylic acids is 2. The molecule has 0 bridgehead atoms. The lowest BCUT2D eigenvalue weighted by Gasteiger charge is -2.11. The van der Waals surface area contributed by atoms with Gasteiger partial charge in [0.05, 0.1) is 24.4 Å².